The number of nitrogens with zero attached hydrogens (tertiary/aromatic N) is 2. The summed E-state index contributed by atoms with van der Waals surface area (Å²) in [6.45, 7) is 5.55. The molecule has 50 heavy (non-hydrogen) atoms. The van der Waals surface area contributed by atoms with E-state index in [1.165, 1.54) is 12.1 Å². The Morgan fingerprint density at radius 2 is 1.32 bits per heavy atom. The van der Waals surface area contributed by atoms with Crippen molar-refractivity contribution in [3.8, 4) is 11.5 Å². The number of para-hydroxylation sites is 1. The van der Waals surface area contributed by atoms with Gasteiger partial charge in [-0.25, -0.2) is 4.39 Å². The number of carbonyl (C=O) groups excluding carboxylic acids is 2. The van der Waals surface area contributed by atoms with Gasteiger partial charge in [0.1, 0.15) is 30.5 Å². The molecule has 0 atom stereocenters. The molecule has 1 aliphatic rings. The predicted molar refractivity (Wildman–Crippen MR) is 191 cm³/mol. The molecule has 0 aliphatic heterocycles. The summed E-state index contributed by atoms with van der Waals surface area (Å²) in [5.74, 6) is 1.27. The van der Waals surface area contributed by atoms with Gasteiger partial charge in [-0.2, -0.15) is 0 Å². The number of carbonyl (C=O) groups is 2. The van der Waals surface area contributed by atoms with E-state index in [1.54, 1.807) is 42.7 Å². The van der Waals surface area contributed by atoms with Gasteiger partial charge in [0, 0.05) is 25.0 Å². The van der Waals surface area contributed by atoms with Crippen molar-refractivity contribution in [3.05, 3.63) is 155 Å². The second-order valence-electron chi connectivity index (χ2n) is 12.6. The van der Waals surface area contributed by atoms with Crippen molar-refractivity contribution in [2.24, 2.45) is 5.92 Å². The molecule has 258 valence electrons. The largest absolute Gasteiger partial charge is 0.487 e. The third kappa shape index (κ3) is 10.5. The SMILES string of the molecule is CC(C)CCNC(=O)c1ccc(COc2ccccc2)nc1.O=C(NC1(c2ccccc2)CCC1)c1ccc(COc2cccc(F)c2)nc1. The molecular formula is C41H43FN4O4. The van der Waals surface area contributed by atoms with Crippen molar-refractivity contribution in [1.29, 1.82) is 0 Å². The molecule has 2 amide bonds. The molecule has 2 aromatic heterocycles. The molecule has 0 spiro atoms. The van der Waals surface area contributed by atoms with Crippen LogP contribution in [0.1, 0.15) is 77.2 Å². The third-order valence-corrected chi connectivity index (χ3v) is 8.38. The Labute approximate surface area is 293 Å². The van der Waals surface area contributed by atoms with E-state index in [4.69, 9.17) is 9.47 Å². The van der Waals surface area contributed by atoms with Crippen LogP contribution in [0.5, 0.6) is 11.5 Å². The first-order valence-electron chi connectivity index (χ1n) is 16.9. The highest BCUT2D eigenvalue weighted by Gasteiger charge is 2.40. The van der Waals surface area contributed by atoms with Gasteiger partial charge < -0.3 is 20.1 Å². The van der Waals surface area contributed by atoms with Gasteiger partial charge in [-0.15, -0.1) is 0 Å². The summed E-state index contributed by atoms with van der Waals surface area (Å²) in [6.07, 6.45) is 7.10. The minimum absolute atomic E-state index is 0.0799. The summed E-state index contributed by atoms with van der Waals surface area (Å²) in [7, 11) is 0. The zero-order valence-corrected chi connectivity index (χ0v) is 28.5. The van der Waals surface area contributed by atoms with Crippen LogP contribution in [0.3, 0.4) is 0 Å². The molecule has 2 N–H and O–H groups in total. The molecule has 2 heterocycles. The summed E-state index contributed by atoms with van der Waals surface area (Å²) in [5, 5.41) is 6.09. The Balaban J connectivity index is 0.000000201. The normalized spacial score (nSPS) is 12.9. The van der Waals surface area contributed by atoms with Crippen molar-refractivity contribution in [1.82, 2.24) is 20.6 Å². The van der Waals surface area contributed by atoms with Crippen molar-refractivity contribution in [2.45, 2.75) is 58.3 Å². The Kier molecular flexibility index (Phi) is 12.7. The molecule has 6 rings (SSSR count). The fourth-order valence-corrected chi connectivity index (χ4v) is 5.32. The number of hydrogen-bond donors (Lipinski definition) is 2. The zero-order valence-electron chi connectivity index (χ0n) is 28.5. The van der Waals surface area contributed by atoms with Crippen LogP contribution < -0.4 is 20.1 Å². The van der Waals surface area contributed by atoms with Gasteiger partial charge in [0.05, 0.1) is 28.1 Å². The predicted octanol–water partition coefficient (Wildman–Crippen LogP) is 8.05. The molecule has 1 aliphatic carbocycles. The number of halogens is 1. The summed E-state index contributed by atoms with van der Waals surface area (Å²) in [4.78, 5) is 33.2. The van der Waals surface area contributed by atoms with Gasteiger partial charge in [0.15, 0.2) is 0 Å². The number of aromatic nitrogens is 2. The first-order valence-corrected chi connectivity index (χ1v) is 16.9. The summed E-state index contributed by atoms with van der Waals surface area (Å²) in [6, 6.07) is 32.7. The Hall–Kier alpha value is -5.57. The van der Waals surface area contributed by atoms with E-state index in [9.17, 15) is 14.0 Å². The van der Waals surface area contributed by atoms with Gasteiger partial charge >= 0.3 is 0 Å². The van der Waals surface area contributed by atoms with Crippen LogP contribution in [0.4, 0.5) is 4.39 Å². The zero-order chi connectivity index (χ0) is 35.2. The molecule has 1 saturated carbocycles. The number of ether oxygens (including phenoxy) is 2. The average molecular weight is 675 g/mol. The molecule has 9 heteroatoms. The maximum absolute atomic E-state index is 13.2. The number of nitrogens with one attached hydrogen (secondary N) is 2. The molecule has 0 unspecified atom stereocenters. The van der Waals surface area contributed by atoms with Crippen LogP contribution >= 0.6 is 0 Å². The van der Waals surface area contributed by atoms with Gasteiger partial charge in [0.2, 0.25) is 0 Å². The van der Waals surface area contributed by atoms with E-state index < -0.39 is 0 Å². The van der Waals surface area contributed by atoms with Crippen molar-refractivity contribution in [2.75, 3.05) is 6.54 Å². The molecule has 0 radical (unpaired) electrons. The van der Waals surface area contributed by atoms with Crippen LogP contribution in [-0.4, -0.2) is 28.3 Å². The Morgan fingerprint density at radius 3 is 1.86 bits per heavy atom. The van der Waals surface area contributed by atoms with Gasteiger partial charge in [-0.1, -0.05) is 68.4 Å². The molecule has 0 bridgehead atoms. The maximum Gasteiger partial charge on any atom is 0.253 e. The Bertz CT molecular complexity index is 1800. The quantitative estimate of drug-likeness (QED) is 0.131. The average Bonchev–Trinajstić information content (AvgIpc) is 3.12. The summed E-state index contributed by atoms with van der Waals surface area (Å²) >= 11 is 0. The van der Waals surface area contributed by atoms with Gasteiger partial charge in [0.25, 0.3) is 11.8 Å². The van der Waals surface area contributed by atoms with Crippen LogP contribution in [0.25, 0.3) is 0 Å². The van der Waals surface area contributed by atoms with Gasteiger partial charge in [-0.3, -0.25) is 19.6 Å². The molecular weight excluding hydrogens is 631 g/mol. The minimum atomic E-state index is -0.346. The van der Waals surface area contributed by atoms with Crippen LogP contribution in [-0.2, 0) is 18.8 Å². The van der Waals surface area contributed by atoms with Gasteiger partial charge in [-0.05, 0) is 85.7 Å². The second-order valence-corrected chi connectivity index (χ2v) is 12.6. The monoisotopic (exact) mass is 674 g/mol. The maximum atomic E-state index is 13.2. The van der Waals surface area contributed by atoms with E-state index >= 15 is 0 Å². The summed E-state index contributed by atoms with van der Waals surface area (Å²) in [5.41, 5.74) is 3.41. The lowest BCUT2D eigenvalue weighted by Gasteiger charge is -2.43. The van der Waals surface area contributed by atoms with E-state index in [1.807, 2.05) is 54.6 Å². The second kappa shape index (κ2) is 17.7. The highest BCUT2D eigenvalue weighted by atomic mass is 19.1. The minimum Gasteiger partial charge on any atom is -0.487 e. The lowest BCUT2D eigenvalue weighted by molar-refractivity contribution is 0.0822. The molecule has 1 fully saturated rings. The van der Waals surface area contributed by atoms with E-state index in [2.05, 4.69) is 46.6 Å². The lowest BCUT2D eigenvalue weighted by atomic mass is 9.71. The van der Waals surface area contributed by atoms with Crippen molar-refractivity contribution >= 4 is 11.8 Å². The smallest absolute Gasteiger partial charge is 0.253 e. The lowest BCUT2D eigenvalue weighted by Crippen LogP contribution is -2.50. The highest BCUT2D eigenvalue weighted by Crippen LogP contribution is 2.41. The standard InChI is InChI=1S/C23H21FN2O2.C18H22N2O2/c24-19-8-4-9-21(14-19)28-16-20-11-10-17(15-25-20)22(27)26-23(12-5-13-23)18-6-2-1-3-7-18;1-14(2)10-11-19-18(21)15-8-9-16(20-12-15)13-22-17-6-4-3-5-7-17/h1-4,6-11,14-15H,5,12-13,16H2,(H,26,27);3-9,12,14H,10-11,13H2,1-2H3,(H,19,21). The van der Waals surface area contributed by atoms with Crippen LogP contribution in [0.15, 0.2) is 122 Å². The molecule has 5 aromatic rings. The number of pyridine rings is 2. The molecule has 0 saturated heterocycles. The van der Waals surface area contributed by atoms with E-state index in [0.717, 1.165) is 42.7 Å². The van der Waals surface area contributed by atoms with E-state index in [0.29, 0.717) is 41.6 Å². The van der Waals surface area contributed by atoms with Crippen molar-refractivity contribution < 1.29 is 23.5 Å². The fourth-order valence-electron chi connectivity index (χ4n) is 5.32. The first kappa shape index (κ1) is 35.7. The topological polar surface area (TPSA) is 102 Å². The number of hydrogen-bond acceptors (Lipinski definition) is 6. The fraction of sp³-hybridized carbons (Fsp3) is 0.268. The molecule has 8 nitrogen and oxygen atoms in total. The Morgan fingerprint density at radius 1 is 0.740 bits per heavy atom. The summed E-state index contributed by atoms with van der Waals surface area (Å²) < 4.78 is 24.3. The number of rotatable bonds is 13. The van der Waals surface area contributed by atoms with E-state index in [-0.39, 0.29) is 29.8 Å². The highest BCUT2D eigenvalue weighted by molar-refractivity contribution is 5.94. The van der Waals surface area contributed by atoms with Crippen LogP contribution in [0.2, 0.25) is 0 Å². The third-order valence-electron chi connectivity index (χ3n) is 8.38. The van der Waals surface area contributed by atoms with Crippen molar-refractivity contribution in [3.63, 3.8) is 0 Å². The molecule has 3 aromatic carbocycles. The number of benzene rings is 3. The van der Waals surface area contributed by atoms with Crippen LogP contribution in [0, 0.1) is 11.7 Å². The first-order chi connectivity index (χ1) is 24.3. The number of amides is 2.